The molecule has 1 rings (SSSR count). The van der Waals surface area contributed by atoms with Gasteiger partial charge in [0.15, 0.2) is 0 Å². The summed E-state index contributed by atoms with van der Waals surface area (Å²) in [7, 11) is 1.14. The maximum atomic E-state index is 12.6. The lowest BCUT2D eigenvalue weighted by molar-refractivity contribution is -0.135. The van der Waals surface area contributed by atoms with E-state index in [2.05, 4.69) is 4.74 Å². The molecule has 16 heavy (non-hydrogen) atoms. The molecular weight excluding hydrogens is 217 g/mol. The maximum absolute atomic E-state index is 12.6. The van der Waals surface area contributed by atoms with Gasteiger partial charge in [-0.2, -0.15) is 0 Å². The number of hydrogen-bond donors (Lipinski definition) is 1. The predicted octanol–water partition coefficient (Wildman–Crippen LogP) is 1.48. The number of aliphatic carboxylic acids is 1. The first-order valence-electron chi connectivity index (χ1n) is 4.37. The van der Waals surface area contributed by atoms with Crippen LogP contribution in [0.25, 0.3) is 0 Å². The minimum atomic E-state index is -1.19. The summed E-state index contributed by atoms with van der Waals surface area (Å²) in [5.41, 5.74) is 0.260. The smallest absolute Gasteiger partial charge is 0.414 e. The third-order valence-electron chi connectivity index (χ3n) is 1.83. The molecule has 0 aliphatic carbocycles. The van der Waals surface area contributed by atoms with Crippen molar-refractivity contribution >= 4 is 17.7 Å². The lowest BCUT2D eigenvalue weighted by atomic mass is 10.3. The standard InChI is InChI=1S/C10H10FNO4/c1-16-10(15)12(6-9(13)14)8-4-2-7(11)3-5-8/h2-5H,6H2,1H3,(H,13,14). The quantitative estimate of drug-likeness (QED) is 0.849. The van der Waals surface area contributed by atoms with Gasteiger partial charge in [-0.1, -0.05) is 0 Å². The van der Waals surface area contributed by atoms with Crippen LogP contribution in [-0.2, 0) is 9.53 Å². The molecule has 1 amide bonds. The second kappa shape index (κ2) is 5.11. The largest absolute Gasteiger partial charge is 0.480 e. The molecule has 0 heterocycles. The summed E-state index contributed by atoms with van der Waals surface area (Å²) >= 11 is 0. The minimum absolute atomic E-state index is 0.260. The van der Waals surface area contributed by atoms with E-state index >= 15 is 0 Å². The molecule has 86 valence electrons. The minimum Gasteiger partial charge on any atom is -0.480 e. The van der Waals surface area contributed by atoms with Gasteiger partial charge >= 0.3 is 12.1 Å². The topological polar surface area (TPSA) is 66.8 Å². The lowest BCUT2D eigenvalue weighted by Gasteiger charge is -2.18. The zero-order valence-electron chi connectivity index (χ0n) is 8.51. The summed E-state index contributed by atoms with van der Waals surface area (Å²) in [5, 5.41) is 8.62. The maximum Gasteiger partial charge on any atom is 0.414 e. The first-order chi connectivity index (χ1) is 7.54. The van der Waals surface area contributed by atoms with Crippen LogP contribution in [0.15, 0.2) is 24.3 Å². The van der Waals surface area contributed by atoms with E-state index in [1.165, 1.54) is 12.1 Å². The van der Waals surface area contributed by atoms with Crippen molar-refractivity contribution in [2.75, 3.05) is 18.6 Å². The SMILES string of the molecule is COC(=O)N(CC(=O)O)c1ccc(F)cc1. The van der Waals surface area contributed by atoms with Crippen molar-refractivity contribution in [2.45, 2.75) is 0 Å². The highest BCUT2D eigenvalue weighted by molar-refractivity contribution is 5.92. The van der Waals surface area contributed by atoms with Crippen LogP contribution >= 0.6 is 0 Å². The van der Waals surface area contributed by atoms with Gasteiger partial charge in [-0.3, -0.25) is 9.69 Å². The highest BCUT2D eigenvalue weighted by Gasteiger charge is 2.19. The molecule has 0 bridgehead atoms. The summed E-state index contributed by atoms with van der Waals surface area (Å²) in [6.07, 6.45) is -0.811. The van der Waals surface area contributed by atoms with Gasteiger partial charge in [-0.25, -0.2) is 9.18 Å². The molecule has 1 aromatic rings. The van der Waals surface area contributed by atoms with E-state index in [0.29, 0.717) is 0 Å². The van der Waals surface area contributed by atoms with Crippen LogP contribution in [0.5, 0.6) is 0 Å². The van der Waals surface area contributed by atoms with Crippen LogP contribution < -0.4 is 4.90 Å². The van der Waals surface area contributed by atoms with E-state index in [4.69, 9.17) is 5.11 Å². The number of amides is 1. The van der Waals surface area contributed by atoms with Crippen molar-refractivity contribution in [3.63, 3.8) is 0 Å². The highest BCUT2D eigenvalue weighted by atomic mass is 19.1. The number of benzene rings is 1. The fourth-order valence-corrected chi connectivity index (χ4v) is 1.13. The molecule has 0 aromatic heterocycles. The number of carbonyl (C=O) groups excluding carboxylic acids is 1. The number of hydrogen-bond acceptors (Lipinski definition) is 3. The third-order valence-corrected chi connectivity index (χ3v) is 1.83. The van der Waals surface area contributed by atoms with Crippen LogP contribution in [0.4, 0.5) is 14.9 Å². The first-order valence-corrected chi connectivity index (χ1v) is 4.37. The Hall–Kier alpha value is -2.11. The molecular formula is C10H10FNO4. The van der Waals surface area contributed by atoms with Crippen molar-refractivity contribution in [1.29, 1.82) is 0 Å². The monoisotopic (exact) mass is 227 g/mol. The van der Waals surface area contributed by atoms with Crippen LogP contribution in [0.2, 0.25) is 0 Å². The number of carboxylic acids is 1. The second-order valence-electron chi connectivity index (χ2n) is 2.93. The van der Waals surface area contributed by atoms with Crippen LogP contribution in [0.3, 0.4) is 0 Å². The molecule has 0 unspecified atom stereocenters. The molecule has 6 heteroatoms. The normalized spacial score (nSPS) is 9.62. The number of halogens is 1. The zero-order valence-corrected chi connectivity index (χ0v) is 8.51. The summed E-state index contributed by atoms with van der Waals surface area (Å²) in [4.78, 5) is 22.7. The number of ether oxygens (including phenoxy) is 1. The fraction of sp³-hybridized carbons (Fsp3) is 0.200. The highest BCUT2D eigenvalue weighted by Crippen LogP contribution is 2.15. The molecule has 0 saturated carbocycles. The van der Waals surface area contributed by atoms with Gasteiger partial charge < -0.3 is 9.84 Å². The van der Waals surface area contributed by atoms with Gasteiger partial charge in [0, 0.05) is 5.69 Å². The molecule has 0 spiro atoms. The van der Waals surface area contributed by atoms with Crippen LogP contribution in [0, 0.1) is 5.82 Å². The van der Waals surface area contributed by atoms with Crippen molar-refractivity contribution in [3.05, 3.63) is 30.1 Å². The van der Waals surface area contributed by atoms with Gasteiger partial charge in [-0.05, 0) is 24.3 Å². The van der Waals surface area contributed by atoms with E-state index in [1.54, 1.807) is 0 Å². The molecule has 5 nitrogen and oxygen atoms in total. The summed E-state index contributed by atoms with van der Waals surface area (Å²) in [6.45, 7) is -0.543. The molecule has 0 aliphatic heterocycles. The summed E-state index contributed by atoms with van der Waals surface area (Å²) in [5.74, 6) is -1.65. The summed E-state index contributed by atoms with van der Waals surface area (Å²) in [6, 6.07) is 4.87. The summed E-state index contributed by atoms with van der Waals surface area (Å²) < 4.78 is 17.1. The van der Waals surface area contributed by atoms with Crippen molar-refractivity contribution in [1.82, 2.24) is 0 Å². The van der Waals surface area contributed by atoms with Crippen molar-refractivity contribution in [2.24, 2.45) is 0 Å². The number of nitrogens with zero attached hydrogens (tertiary/aromatic N) is 1. The van der Waals surface area contributed by atoms with E-state index in [1.807, 2.05) is 0 Å². The number of methoxy groups -OCH3 is 1. The zero-order chi connectivity index (χ0) is 12.1. The van der Waals surface area contributed by atoms with Crippen LogP contribution in [0.1, 0.15) is 0 Å². The first kappa shape index (κ1) is 12.0. The molecule has 0 saturated heterocycles. The van der Waals surface area contributed by atoms with Gasteiger partial charge in [0.05, 0.1) is 7.11 Å². The Labute approximate surface area is 91.0 Å². The predicted molar refractivity (Wildman–Crippen MR) is 53.8 cm³/mol. The number of rotatable bonds is 3. The molecule has 0 radical (unpaired) electrons. The average Bonchev–Trinajstić information content (AvgIpc) is 2.26. The Bertz CT molecular complexity index is 390. The third kappa shape index (κ3) is 2.94. The Kier molecular flexibility index (Phi) is 3.82. The number of carbonyl (C=O) groups is 2. The Morgan fingerprint density at radius 2 is 1.94 bits per heavy atom. The van der Waals surface area contributed by atoms with E-state index in [9.17, 15) is 14.0 Å². The Balaban J connectivity index is 2.96. The second-order valence-corrected chi connectivity index (χ2v) is 2.93. The molecule has 0 fully saturated rings. The van der Waals surface area contributed by atoms with Crippen molar-refractivity contribution < 1.29 is 23.8 Å². The van der Waals surface area contributed by atoms with Gasteiger partial charge in [0.1, 0.15) is 12.4 Å². The fourth-order valence-electron chi connectivity index (χ4n) is 1.13. The number of carboxylic acid groups (broad SMARTS) is 1. The van der Waals surface area contributed by atoms with Gasteiger partial charge in [0.25, 0.3) is 0 Å². The van der Waals surface area contributed by atoms with E-state index < -0.39 is 24.4 Å². The lowest BCUT2D eigenvalue weighted by Crippen LogP contribution is -2.35. The average molecular weight is 227 g/mol. The van der Waals surface area contributed by atoms with Crippen molar-refractivity contribution in [3.8, 4) is 0 Å². The van der Waals surface area contributed by atoms with Crippen LogP contribution in [-0.4, -0.2) is 30.8 Å². The Morgan fingerprint density at radius 1 is 1.38 bits per heavy atom. The molecule has 1 aromatic carbocycles. The molecule has 1 N–H and O–H groups in total. The van der Waals surface area contributed by atoms with E-state index in [0.717, 1.165) is 24.1 Å². The van der Waals surface area contributed by atoms with Gasteiger partial charge in [-0.15, -0.1) is 0 Å². The number of anilines is 1. The molecule has 0 atom stereocenters. The Morgan fingerprint density at radius 3 is 2.38 bits per heavy atom. The van der Waals surface area contributed by atoms with Gasteiger partial charge in [0.2, 0.25) is 0 Å². The van der Waals surface area contributed by atoms with E-state index in [-0.39, 0.29) is 5.69 Å². The molecule has 0 aliphatic rings.